The fourth-order valence-electron chi connectivity index (χ4n) is 2.63. The van der Waals surface area contributed by atoms with E-state index < -0.39 is 0 Å². The number of rotatable bonds is 7. The molecule has 1 fully saturated rings. The Hall–Kier alpha value is -0.120. The Morgan fingerprint density at radius 1 is 1.44 bits per heavy atom. The monoisotopic (exact) mass is 228 g/mol. The van der Waals surface area contributed by atoms with Gasteiger partial charge in [0.05, 0.1) is 0 Å². The number of hydrogen-bond acceptors (Lipinski definition) is 3. The fourth-order valence-corrected chi connectivity index (χ4v) is 2.63. The quantitative estimate of drug-likeness (QED) is 0.692. The fraction of sp³-hybridized carbons (Fsp3) is 1.00. The van der Waals surface area contributed by atoms with Crippen LogP contribution in [0, 0.1) is 5.92 Å². The smallest absolute Gasteiger partial charge is 0.0445 e. The highest BCUT2D eigenvalue weighted by Crippen LogP contribution is 2.20. The van der Waals surface area contributed by atoms with Gasteiger partial charge in [0, 0.05) is 19.2 Å². The zero-order valence-electron chi connectivity index (χ0n) is 10.9. The van der Waals surface area contributed by atoms with E-state index in [2.05, 4.69) is 24.1 Å². The lowest BCUT2D eigenvalue weighted by Crippen LogP contribution is -2.43. The minimum atomic E-state index is 0.336. The van der Waals surface area contributed by atoms with Crippen molar-refractivity contribution >= 4 is 0 Å². The van der Waals surface area contributed by atoms with Crippen LogP contribution in [0.1, 0.15) is 39.5 Å². The highest BCUT2D eigenvalue weighted by Gasteiger charge is 2.22. The normalized spacial score (nSPS) is 24.6. The first-order valence-corrected chi connectivity index (χ1v) is 6.83. The van der Waals surface area contributed by atoms with Crippen molar-refractivity contribution in [1.82, 2.24) is 10.2 Å². The molecule has 1 heterocycles. The molecule has 1 aliphatic rings. The van der Waals surface area contributed by atoms with Gasteiger partial charge in [0.15, 0.2) is 0 Å². The molecular weight excluding hydrogens is 200 g/mol. The molecule has 96 valence electrons. The lowest BCUT2D eigenvalue weighted by molar-refractivity contribution is 0.104. The van der Waals surface area contributed by atoms with Crippen LogP contribution in [0.2, 0.25) is 0 Å². The molecule has 0 saturated carbocycles. The van der Waals surface area contributed by atoms with Gasteiger partial charge in [-0.15, -0.1) is 0 Å². The van der Waals surface area contributed by atoms with Crippen LogP contribution in [0.4, 0.5) is 0 Å². The molecule has 0 spiro atoms. The van der Waals surface area contributed by atoms with Crippen LogP contribution >= 0.6 is 0 Å². The Labute approximate surface area is 100 Å². The van der Waals surface area contributed by atoms with Gasteiger partial charge in [0.25, 0.3) is 0 Å². The summed E-state index contributed by atoms with van der Waals surface area (Å²) in [5, 5.41) is 12.5. The van der Waals surface area contributed by atoms with Crippen molar-refractivity contribution in [2.24, 2.45) is 5.92 Å². The summed E-state index contributed by atoms with van der Waals surface area (Å²) in [6, 6.07) is 0.628. The maximum absolute atomic E-state index is 9.07. The zero-order chi connectivity index (χ0) is 11.8. The van der Waals surface area contributed by atoms with E-state index in [1.165, 1.54) is 32.4 Å². The Morgan fingerprint density at radius 3 is 2.94 bits per heavy atom. The largest absolute Gasteiger partial charge is 0.396 e. The number of nitrogens with one attached hydrogen (secondary N) is 1. The molecule has 0 aromatic rings. The van der Waals surface area contributed by atoms with E-state index in [1.807, 2.05) is 0 Å². The van der Waals surface area contributed by atoms with Gasteiger partial charge >= 0.3 is 0 Å². The minimum Gasteiger partial charge on any atom is -0.396 e. The summed E-state index contributed by atoms with van der Waals surface area (Å²) < 4.78 is 0. The van der Waals surface area contributed by atoms with Crippen LogP contribution < -0.4 is 5.32 Å². The summed E-state index contributed by atoms with van der Waals surface area (Å²) in [4.78, 5) is 2.59. The number of aliphatic hydroxyl groups is 1. The van der Waals surface area contributed by atoms with E-state index in [0.29, 0.717) is 18.6 Å². The van der Waals surface area contributed by atoms with E-state index >= 15 is 0 Å². The molecule has 0 aromatic carbocycles. The molecule has 1 aliphatic heterocycles. The average molecular weight is 228 g/mol. The number of nitrogens with zero attached hydrogens (tertiary/aromatic N) is 1. The molecule has 0 radical (unpaired) electrons. The summed E-state index contributed by atoms with van der Waals surface area (Å²) >= 11 is 0. The summed E-state index contributed by atoms with van der Waals surface area (Å²) in [7, 11) is 0. The Balaban J connectivity index is 2.30. The number of likely N-dealkylation sites (tertiary alicyclic amines) is 1. The Kier molecular flexibility index (Phi) is 7.01. The predicted octanol–water partition coefficient (Wildman–Crippen LogP) is 1.47. The second kappa shape index (κ2) is 8.04. The molecule has 1 saturated heterocycles. The first-order valence-electron chi connectivity index (χ1n) is 6.83. The van der Waals surface area contributed by atoms with Crippen LogP contribution in [-0.4, -0.2) is 48.8 Å². The summed E-state index contributed by atoms with van der Waals surface area (Å²) in [5.74, 6) is 0.708. The topological polar surface area (TPSA) is 35.5 Å². The van der Waals surface area contributed by atoms with E-state index in [4.69, 9.17) is 5.11 Å². The molecule has 2 N–H and O–H groups in total. The lowest BCUT2D eigenvalue weighted by atomic mass is 9.98. The molecule has 2 unspecified atom stereocenters. The molecule has 2 atom stereocenters. The van der Waals surface area contributed by atoms with E-state index in [0.717, 1.165) is 19.5 Å². The lowest BCUT2D eigenvalue weighted by Gasteiger charge is -2.37. The highest BCUT2D eigenvalue weighted by molar-refractivity contribution is 4.78. The van der Waals surface area contributed by atoms with Crippen molar-refractivity contribution in [2.45, 2.75) is 45.6 Å². The van der Waals surface area contributed by atoms with E-state index in [9.17, 15) is 0 Å². The predicted molar refractivity (Wildman–Crippen MR) is 68.6 cm³/mol. The SMILES string of the molecule is CCNCC(C)CN1CCCCC1CCO. The first kappa shape index (κ1) is 13.9. The van der Waals surface area contributed by atoms with Gasteiger partial charge in [-0.25, -0.2) is 0 Å². The minimum absolute atomic E-state index is 0.336. The molecular formula is C13H28N2O. The van der Waals surface area contributed by atoms with Crippen molar-refractivity contribution in [1.29, 1.82) is 0 Å². The molecule has 0 amide bonds. The van der Waals surface area contributed by atoms with Crippen LogP contribution in [0.15, 0.2) is 0 Å². The highest BCUT2D eigenvalue weighted by atomic mass is 16.3. The molecule has 3 heteroatoms. The maximum atomic E-state index is 9.07. The maximum Gasteiger partial charge on any atom is 0.0445 e. The van der Waals surface area contributed by atoms with Gasteiger partial charge in [-0.3, -0.25) is 4.90 Å². The Bertz CT molecular complexity index is 173. The third-order valence-electron chi connectivity index (χ3n) is 3.50. The summed E-state index contributed by atoms with van der Waals surface area (Å²) in [6.45, 7) is 9.38. The van der Waals surface area contributed by atoms with Crippen molar-refractivity contribution in [3.05, 3.63) is 0 Å². The number of piperidine rings is 1. The standard InChI is InChI=1S/C13H28N2O/c1-3-14-10-12(2)11-15-8-5-4-6-13(15)7-9-16/h12-14,16H,3-11H2,1-2H3. The second-order valence-corrected chi connectivity index (χ2v) is 5.07. The van der Waals surface area contributed by atoms with Crippen molar-refractivity contribution in [2.75, 3.05) is 32.8 Å². The summed E-state index contributed by atoms with van der Waals surface area (Å²) in [6.07, 6.45) is 4.89. The average Bonchev–Trinajstić information content (AvgIpc) is 2.29. The van der Waals surface area contributed by atoms with Gasteiger partial charge in [-0.05, 0) is 44.8 Å². The Morgan fingerprint density at radius 2 is 2.25 bits per heavy atom. The number of hydrogen-bond donors (Lipinski definition) is 2. The second-order valence-electron chi connectivity index (χ2n) is 5.07. The third kappa shape index (κ3) is 4.81. The molecule has 1 rings (SSSR count). The molecule has 0 aliphatic carbocycles. The van der Waals surface area contributed by atoms with E-state index in [-0.39, 0.29) is 0 Å². The number of aliphatic hydroxyl groups excluding tert-OH is 1. The van der Waals surface area contributed by atoms with Crippen molar-refractivity contribution in [3.63, 3.8) is 0 Å². The van der Waals surface area contributed by atoms with Gasteiger partial charge in [-0.2, -0.15) is 0 Å². The van der Waals surface area contributed by atoms with Crippen LogP contribution in [0.25, 0.3) is 0 Å². The van der Waals surface area contributed by atoms with Crippen molar-refractivity contribution in [3.8, 4) is 0 Å². The molecule has 0 aromatic heterocycles. The van der Waals surface area contributed by atoms with Gasteiger partial charge in [0.1, 0.15) is 0 Å². The molecule has 3 nitrogen and oxygen atoms in total. The van der Waals surface area contributed by atoms with Crippen LogP contribution in [-0.2, 0) is 0 Å². The third-order valence-corrected chi connectivity index (χ3v) is 3.50. The molecule has 0 bridgehead atoms. The van der Waals surface area contributed by atoms with Gasteiger partial charge in [-0.1, -0.05) is 20.3 Å². The van der Waals surface area contributed by atoms with Crippen LogP contribution in [0.5, 0.6) is 0 Å². The van der Waals surface area contributed by atoms with Gasteiger partial charge in [0.2, 0.25) is 0 Å². The molecule has 16 heavy (non-hydrogen) atoms. The summed E-state index contributed by atoms with van der Waals surface area (Å²) in [5.41, 5.74) is 0. The zero-order valence-corrected chi connectivity index (χ0v) is 10.9. The van der Waals surface area contributed by atoms with E-state index in [1.54, 1.807) is 0 Å². The van der Waals surface area contributed by atoms with Crippen LogP contribution in [0.3, 0.4) is 0 Å². The van der Waals surface area contributed by atoms with Crippen molar-refractivity contribution < 1.29 is 5.11 Å². The van der Waals surface area contributed by atoms with Gasteiger partial charge < -0.3 is 10.4 Å². The first-order chi connectivity index (χ1) is 7.77.